The van der Waals surface area contributed by atoms with Gasteiger partial charge in [-0.2, -0.15) is 0 Å². The van der Waals surface area contributed by atoms with Gasteiger partial charge in [0.2, 0.25) is 0 Å². The molecule has 4 aromatic carbocycles. The van der Waals surface area contributed by atoms with Crippen LogP contribution in [-0.4, -0.2) is 13.4 Å². The molecule has 0 N–H and O–H groups in total. The van der Waals surface area contributed by atoms with Crippen molar-refractivity contribution in [3.05, 3.63) is 126 Å². The first-order valence-electron chi connectivity index (χ1n) is 11.5. The van der Waals surface area contributed by atoms with Crippen LogP contribution in [0.15, 0.2) is 114 Å². The van der Waals surface area contributed by atoms with Crippen molar-refractivity contribution in [3.63, 3.8) is 0 Å². The van der Waals surface area contributed by atoms with Crippen molar-refractivity contribution >= 4 is 26.7 Å². The summed E-state index contributed by atoms with van der Waals surface area (Å²) in [6, 6.07) is 34.4. The molecule has 0 aliphatic heterocycles. The third kappa shape index (κ3) is 4.43. The van der Waals surface area contributed by atoms with E-state index >= 15 is 0 Å². The Hall–Kier alpha value is -3.96. The zero-order valence-corrected chi connectivity index (χ0v) is 20.5. The second-order valence-corrected chi connectivity index (χ2v) is 10.5. The second-order valence-electron chi connectivity index (χ2n) is 8.63. The molecule has 0 amide bonds. The molecule has 0 aliphatic rings. The lowest BCUT2D eigenvalue weighted by atomic mass is 9.97. The molecule has 0 unspecified atom stereocenters. The van der Waals surface area contributed by atoms with Crippen molar-refractivity contribution in [2.24, 2.45) is 0 Å². The van der Waals surface area contributed by atoms with E-state index in [4.69, 9.17) is 4.98 Å². The van der Waals surface area contributed by atoms with E-state index in [1.165, 1.54) is 4.31 Å². The fourth-order valence-corrected chi connectivity index (χ4v) is 5.77. The van der Waals surface area contributed by atoms with Crippen LogP contribution in [0, 0.1) is 13.8 Å². The molecule has 0 bridgehead atoms. The van der Waals surface area contributed by atoms with Gasteiger partial charge in [0.1, 0.15) is 0 Å². The maximum absolute atomic E-state index is 14.2. The number of fused-ring (bicyclic) bond motifs is 1. The van der Waals surface area contributed by atoms with Crippen LogP contribution in [0.3, 0.4) is 0 Å². The molecule has 35 heavy (non-hydrogen) atoms. The highest BCUT2D eigenvalue weighted by atomic mass is 32.2. The minimum absolute atomic E-state index is 0.168. The van der Waals surface area contributed by atoms with E-state index in [1.54, 1.807) is 12.1 Å². The predicted octanol–water partition coefficient (Wildman–Crippen LogP) is 6.91. The first-order chi connectivity index (χ1) is 16.9. The highest BCUT2D eigenvalue weighted by molar-refractivity contribution is 7.92. The van der Waals surface area contributed by atoms with Gasteiger partial charge < -0.3 is 0 Å². The zero-order valence-electron chi connectivity index (χ0n) is 19.7. The van der Waals surface area contributed by atoms with Gasteiger partial charge in [-0.3, -0.25) is 0 Å². The molecule has 5 rings (SSSR count). The maximum Gasteiger partial charge on any atom is 0.265 e. The first kappa shape index (κ1) is 22.8. The lowest BCUT2D eigenvalue weighted by molar-refractivity contribution is 0.590. The van der Waals surface area contributed by atoms with E-state index < -0.39 is 10.0 Å². The summed E-state index contributed by atoms with van der Waals surface area (Å²) in [6.07, 6.45) is 0. The average Bonchev–Trinajstić information content (AvgIpc) is 2.88. The van der Waals surface area contributed by atoms with Crippen molar-refractivity contribution in [2.45, 2.75) is 25.3 Å². The van der Waals surface area contributed by atoms with Gasteiger partial charge in [-0.15, -0.1) is 0 Å². The highest BCUT2D eigenvalue weighted by Gasteiger charge is 2.30. The molecular formula is C30H26N2O2S. The molecule has 0 saturated heterocycles. The second kappa shape index (κ2) is 9.35. The van der Waals surface area contributed by atoms with Crippen LogP contribution < -0.4 is 4.31 Å². The molecule has 174 valence electrons. The molecule has 5 heteroatoms. The molecule has 0 spiro atoms. The average molecular weight is 479 g/mol. The fraction of sp³-hybridized carbons (Fsp3) is 0.100. The van der Waals surface area contributed by atoms with E-state index in [-0.39, 0.29) is 11.4 Å². The van der Waals surface area contributed by atoms with Gasteiger partial charge in [0.15, 0.2) is 5.82 Å². The summed E-state index contributed by atoms with van der Waals surface area (Å²) < 4.78 is 29.8. The number of pyridine rings is 1. The van der Waals surface area contributed by atoms with Crippen LogP contribution in [0.1, 0.15) is 16.7 Å². The minimum Gasteiger partial charge on any atom is -0.245 e. The summed E-state index contributed by atoms with van der Waals surface area (Å²) in [4.78, 5) is 5.21. The smallest absolute Gasteiger partial charge is 0.245 e. The standard InChI is InChI=1S/C30H26N2O2S/c1-22-17-19-26(20-18-22)35(33,34)32(21-24-11-5-3-6-12-24)30-29(25-13-7-4-8-14-25)23(2)27-15-9-10-16-28(27)31-30/h3-20H,21H2,1-2H3. The largest absolute Gasteiger partial charge is 0.265 e. The summed E-state index contributed by atoms with van der Waals surface area (Å²) in [5, 5.41) is 1.00. The van der Waals surface area contributed by atoms with Crippen molar-refractivity contribution in [1.29, 1.82) is 0 Å². The monoisotopic (exact) mass is 478 g/mol. The van der Waals surface area contributed by atoms with Crippen molar-refractivity contribution in [1.82, 2.24) is 4.98 Å². The summed E-state index contributed by atoms with van der Waals surface area (Å²) in [5.41, 5.74) is 5.38. The number of para-hydroxylation sites is 1. The molecule has 0 radical (unpaired) electrons. The topological polar surface area (TPSA) is 50.3 Å². The molecule has 4 nitrogen and oxygen atoms in total. The lowest BCUT2D eigenvalue weighted by Crippen LogP contribution is -2.32. The van der Waals surface area contributed by atoms with Gasteiger partial charge >= 0.3 is 0 Å². The lowest BCUT2D eigenvalue weighted by Gasteiger charge is -2.27. The fourth-order valence-electron chi connectivity index (χ4n) is 4.35. The number of benzene rings is 4. The van der Waals surface area contributed by atoms with Crippen LogP contribution in [0.4, 0.5) is 5.82 Å². The van der Waals surface area contributed by atoms with Gasteiger partial charge in [-0.1, -0.05) is 96.6 Å². The minimum atomic E-state index is -3.91. The van der Waals surface area contributed by atoms with Gasteiger partial charge in [0.25, 0.3) is 10.0 Å². The number of hydrogen-bond donors (Lipinski definition) is 0. The molecule has 0 fully saturated rings. The normalized spacial score (nSPS) is 11.5. The number of rotatable bonds is 6. The van der Waals surface area contributed by atoms with Gasteiger partial charge in [0.05, 0.1) is 17.0 Å². The first-order valence-corrected chi connectivity index (χ1v) is 13.0. The third-order valence-corrected chi connectivity index (χ3v) is 7.96. The Bertz CT molecular complexity index is 1580. The summed E-state index contributed by atoms with van der Waals surface area (Å²) >= 11 is 0. The van der Waals surface area contributed by atoms with Crippen LogP contribution in [0.2, 0.25) is 0 Å². The molecule has 1 heterocycles. The van der Waals surface area contributed by atoms with Crippen LogP contribution in [0.5, 0.6) is 0 Å². The summed E-state index contributed by atoms with van der Waals surface area (Å²) in [5.74, 6) is 0.428. The Morgan fingerprint density at radius 1 is 0.714 bits per heavy atom. The van der Waals surface area contributed by atoms with Crippen molar-refractivity contribution in [2.75, 3.05) is 4.31 Å². The van der Waals surface area contributed by atoms with Crippen LogP contribution in [-0.2, 0) is 16.6 Å². The van der Waals surface area contributed by atoms with E-state index in [0.717, 1.165) is 38.7 Å². The van der Waals surface area contributed by atoms with Gasteiger partial charge in [-0.25, -0.2) is 17.7 Å². The van der Waals surface area contributed by atoms with Crippen LogP contribution >= 0.6 is 0 Å². The quantitative estimate of drug-likeness (QED) is 0.266. The van der Waals surface area contributed by atoms with E-state index in [9.17, 15) is 8.42 Å². The molecule has 0 saturated carbocycles. The van der Waals surface area contributed by atoms with Crippen molar-refractivity contribution < 1.29 is 8.42 Å². The molecule has 5 aromatic rings. The Morgan fingerprint density at radius 2 is 1.31 bits per heavy atom. The predicted molar refractivity (Wildman–Crippen MR) is 143 cm³/mol. The van der Waals surface area contributed by atoms with E-state index in [1.807, 2.05) is 111 Å². The Morgan fingerprint density at radius 3 is 2.00 bits per heavy atom. The molecule has 0 aliphatic carbocycles. The Labute approximate surface area is 206 Å². The number of aromatic nitrogens is 1. The number of aryl methyl sites for hydroxylation is 2. The number of nitrogens with zero attached hydrogens (tertiary/aromatic N) is 2. The summed E-state index contributed by atoms with van der Waals surface area (Å²) in [7, 11) is -3.91. The molecule has 1 aromatic heterocycles. The number of anilines is 1. The maximum atomic E-state index is 14.2. The van der Waals surface area contributed by atoms with E-state index in [0.29, 0.717) is 5.82 Å². The van der Waals surface area contributed by atoms with Gasteiger partial charge in [-0.05, 0) is 48.7 Å². The SMILES string of the molecule is Cc1ccc(S(=O)(=O)N(Cc2ccccc2)c2nc3ccccc3c(C)c2-c2ccccc2)cc1. The van der Waals surface area contributed by atoms with Gasteiger partial charge in [0, 0.05) is 10.9 Å². The zero-order chi connectivity index (χ0) is 24.4. The summed E-state index contributed by atoms with van der Waals surface area (Å²) in [6.45, 7) is 4.15. The Kier molecular flexibility index (Phi) is 6.10. The number of sulfonamides is 1. The molecular weight excluding hydrogens is 452 g/mol. The number of hydrogen-bond acceptors (Lipinski definition) is 3. The Balaban J connectivity index is 1.81. The highest BCUT2D eigenvalue weighted by Crippen LogP contribution is 2.39. The van der Waals surface area contributed by atoms with Crippen molar-refractivity contribution in [3.8, 4) is 11.1 Å². The van der Waals surface area contributed by atoms with Crippen LogP contribution in [0.25, 0.3) is 22.0 Å². The molecule has 0 atom stereocenters. The third-order valence-electron chi connectivity index (χ3n) is 6.21. The van der Waals surface area contributed by atoms with E-state index in [2.05, 4.69) is 0 Å².